The van der Waals surface area contributed by atoms with Crippen LogP contribution in [0.4, 0.5) is 0 Å². The maximum Gasteiger partial charge on any atom is 0.0266 e. The molecule has 0 N–H and O–H groups in total. The second-order valence-electron chi connectivity index (χ2n) is 9.95. The fraction of sp³-hybridized carbons (Fsp3) is 0. The first kappa shape index (κ1) is 22.3. The predicted octanol–water partition coefficient (Wildman–Crippen LogP) is 11.7. The highest BCUT2D eigenvalue weighted by Gasteiger charge is 2.22. The second kappa shape index (κ2) is 8.39. The van der Waals surface area contributed by atoms with Crippen molar-refractivity contribution in [2.45, 2.75) is 0 Å². The van der Waals surface area contributed by atoms with E-state index in [9.17, 15) is 0 Å². The van der Waals surface area contributed by atoms with E-state index in [0.29, 0.717) is 0 Å². The zero-order valence-corrected chi connectivity index (χ0v) is 23.5. The number of benzene rings is 8. The van der Waals surface area contributed by atoms with Crippen LogP contribution in [0.15, 0.2) is 130 Å². The zero-order chi connectivity index (χ0) is 25.4. The van der Waals surface area contributed by atoms with Gasteiger partial charge in [-0.1, -0.05) is 135 Å². The molecular weight excluding hydrogens is 592 g/mol. The number of halogens is 2. The molecule has 8 aromatic carbocycles. The fourth-order valence-corrected chi connectivity index (χ4v) is 7.53. The summed E-state index contributed by atoms with van der Waals surface area (Å²) in [6.07, 6.45) is 0. The Kier molecular flexibility index (Phi) is 4.92. The van der Waals surface area contributed by atoms with Gasteiger partial charge in [-0.15, -0.1) is 0 Å². The SMILES string of the molecule is Brc1cc2cc(-c3cccc4ccccc34)c(-c3cccc4ccccc34)c3c(Br)cc4cccc1c4c23. The Bertz CT molecular complexity index is 2200. The Hall–Kier alpha value is -3.72. The average molecular weight is 612 g/mol. The van der Waals surface area contributed by atoms with Gasteiger partial charge in [0.1, 0.15) is 0 Å². The summed E-state index contributed by atoms with van der Waals surface area (Å²) >= 11 is 7.95. The minimum Gasteiger partial charge on any atom is -0.0616 e. The molecule has 0 spiro atoms. The summed E-state index contributed by atoms with van der Waals surface area (Å²) in [5.74, 6) is 0. The molecule has 0 aliphatic heterocycles. The lowest BCUT2D eigenvalue weighted by Gasteiger charge is -2.22. The largest absolute Gasteiger partial charge is 0.0616 e. The average Bonchev–Trinajstić information content (AvgIpc) is 2.96. The van der Waals surface area contributed by atoms with Crippen LogP contribution in [-0.2, 0) is 0 Å². The maximum absolute atomic E-state index is 4.05. The van der Waals surface area contributed by atoms with Gasteiger partial charge in [0.05, 0.1) is 0 Å². The summed E-state index contributed by atoms with van der Waals surface area (Å²) in [4.78, 5) is 0. The standard InChI is InChI=1S/C36H20Br2/c37-31-20-24-18-30(27-15-5-10-21-8-1-3-13-25(21)27)35(28-16-6-11-22-9-2-4-14-26(22)28)36-32(38)19-23-12-7-17-29(31)33(23)34(24)36/h1-20H. The predicted molar refractivity (Wildman–Crippen MR) is 171 cm³/mol. The molecule has 0 unspecified atom stereocenters. The number of rotatable bonds is 2. The van der Waals surface area contributed by atoms with Gasteiger partial charge in [0.15, 0.2) is 0 Å². The van der Waals surface area contributed by atoms with E-state index in [0.717, 1.165) is 8.95 Å². The molecule has 0 nitrogen and oxygen atoms in total. The van der Waals surface area contributed by atoms with Crippen molar-refractivity contribution in [3.05, 3.63) is 130 Å². The molecule has 0 aliphatic carbocycles. The van der Waals surface area contributed by atoms with E-state index in [2.05, 4.69) is 153 Å². The van der Waals surface area contributed by atoms with Crippen LogP contribution in [0.1, 0.15) is 0 Å². The second-order valence-corrected chi connectivity index (χ2v) is 11.7. The van der Waals surface area contributed by atoms with Crippen LogP contribution < -0.4 is 0 Å². The van der Waals surface area contributed by atoms with Crippen LogP contribution in [0.3, 0.4) is 0 Å². The molecule has 0 atom stereocenters. The van der Waals surface area contributed by atoms with Crippen LogP contribution in [0.25, 0.3) is 76.1 Å². The molecule has 0 fully saturated rings. The van der Waals surface area contributed by atoms with Crippen molar-refractivity contribution in [2.24, 2.45) is 0 Å². The third kappa shape index (κ3) is 3.14. The quantitative estimate of drug-likeness (QED) is 0.171. The molecule has 8 rings (SSSR count). The van der Waals surface area contributed by atoms with E-state index in [1.165, 1.54) is 76.1 Å². The van der Waals surface area contributed by atoms with Gasteiger partial charge in [-0.05, 0) is 88.9 Å². The summed E-state index contributed by atoms with van der Waals surface area (Å²) < 4.78 is 2.25. The van der Waals surface area contributed by atoms with E-state index in [1.54, 1.807) is 0 Å². The van der Waals surface area contributed by atoms with Crippen molar-refractivity contribution in [1.82, 2.24) is 0 Å². The minimum atomic E-state index is 1.12. The van der Waals surface area contributed by atoms with Crippen molar-refractivity contribution in [2.75, 3.05) is 0 Å². The van der Waals surface area contributed by atoms with Gasteiger partial charge >= 0.3 is 0 Å². The lowest BCUT2D eigenvalue weighted by molar-refractivity contribution is 1.65. The van der Waals surface area contributed by atoms with E-state index >= 15 is 0 Å². The summed E-state index contributed by atoms with van der Waals surface area (Å²) in [5.41, 5.74) is 5.02. The first-order valence-corrected chi connectivity index (χ1v) is 14.3. The van der Waals surface area contributed by atoms with E-state index in [4.69, 9.17) is 0 Å². The molecule has 0 amide bonds. The third-order valence-electron chi connectivity index (χ3n) is 7.90. The maximum atomic E-state index is 4.05. The normalized spacial score (nSPS) is 11.9. The van der Waals surface area contributed by atoms with Gasteiger partial charge in [0.25, 0.3) is 0 Å². The van der Waals surface area contributed by atoms with Crippen LogP contribution in [0.2, 0.25) is 0 Å². The molecule has 0 aromatic heterocycles. The van der Waals surface area contributed by atoms with Crippen molar-refractivity contribution < 1.29 is 0 Å². The summed E-state index contributed by atoms with van der Waals surface area (Å²) in [7, 11) is 0. The molecule has 2 heteroatoms. The highest BCUT2D eigenvalue weighted by molar-refractivity contribution is 9.11. The smallest absolute Gasteiger partial charge is 0.0266 e. The number of fused-ring (bicyclic) bond motifs is 2. The first-order chi connectivity index (χ1) is 18.7. The van der Waals surface area contributed by atoms with Crippen LogP contribution in [0, 0.1) is 0 Å². The zero-order valence-electron chi connectivity index (χ0n) is 20.3. The molecule has 0 saturated heterocycles. The van der Waals surface area contributed by atoms with Gasteiger partial charge in [0.2, 0.25) is 0 Å². The molecule has 0 radical (unpaired) electrons. The summed E-state index contributed by atoms with van der Waals surface area (Å²) in [6, 6.07) is 44.3. The fourth-order valence-electron chi connectivity index (χ4n) is 6.31. The summed E-state index contributed by atoms with van der Waals surface area (Å²) in [5, 5.41) is 12.6. The van der Waals surface area contributed by atoms with Crippen molar-refractivity contribution >= 4 is 85.7 Å². The van der Waals surface area contributed by atoms with Crippen LogP contribution >= 0.6 is 31.9 Å². The monoisotopic (exact) mass is 610 g/mol. The van der Waals surface area contributed by atoms with E-state index in [-0.39, 0.29) is 0 Å². The number of hydrogen-bond donors (Lipinski definition) is 0. The Labute approximate surface area is 237 Å². The Balaban J connectivity index is 1.67. The molecule has 38 heavy (non-hydrogen) atoms. The Morgan fingerprint density at radius 2 is 0.895 bits per heavy atom. The topological polar surface area (TPSA) is 0 Å². The Morgan fingerprint density at radius 3 is 1.66 bits per heavy atom. The molecule has 0 heterocycles. The lowest BCUT2D eigenvalue weighted by Crippen LogP contribution is -1.94. The first-order valence-electron chi connectivity index (χ1n) is 12.7. The van der Waals surface area contributed by atoms with Gasteiger partial charge in [-0.25, -0.2) is 0 Å². The summed E-state index contributed by atoms with van der Waals surface area (Å²) in [6.45, 7) is 0. The third-order valence-corrected chi connectivity index (χ3v) is 9.19. The number of hydrogen-bond acceptors (Lipinski definition) is 0. The van der Waals surface area contributed by atoms with Crippen LogP contribution in [0.5, 0.6) is 0 Å². The molecule has 0 saturated carbocycles. The van der Waals surface area contributed by atoms with Crippen molar-refractivity contribution in [3.63, 3.8) is 0 Å². The van der Waals surface area contributed by atoms with E-state index < -0.39 is 0 Å². The molecular formula is C36H20Br2. The minimum absolute atomic E-state index is 1.12. The van der Waals surface area contributed by atoms with Gasteiger partial charge < -0.3 is 0 Å². The van der Waals surface area contributed by atoms with Gasteiger partial charge in [-0.3, -0.25) is 0 Å². The van der Waals surface area contributed by atoms with Crippen molar-refractivity contribution in [3.8, 4) is 22.3 Å². The van der Waals surface area contributed by atoms with Gasteiger partial charge in [-0.2, -0.15) is 0 Å². The highest BCUT2D eigenvalue weighted by atomic mass is 79.9. The molecule has 8 aromatic rings. The van der Waals surface area contributed by atoms with E-state index in [1.807, 2.05) is 0 Å². The van der Waals surface area contributed by atoms with Crippen LogP contribution in [-0.4, -0.2) is 0 Å². The van der Waals surface area contributed by atoms with Gasteiger partial charge in [0, 0.05) is 14.3 Å². The molecule has 0 aliphatic rings. The molecule has 0 bridgehead atoms. The van der Waals surface area contributed by atoms with Crippen molar-refractivity contribution in [1.29, 1.82) is 0 Å². The lowest BCUT2D eigenvalue weighted by atomic mass is 9.82. The molecule has 178 valence electrons. The highest BCUT2D eigenvalue weighted by Crippen LogP contribution is 2.50. The Morgan fingerprint density at radius 1 is 0.342 bits per heavy atom.